The monoisotopic (exact) mass is 328 g/mol. The van der Waals surface area contributed by atoms with E-state index in [1.54, 1.807) is 11.0 Å². The van der Waals surface area contributed by atoms with E-state index in [9.17, 15) is 9.90 Å². The molecule has 0 radical (unpaired) electrons. The molecule has 24 heavy (non-hydrogen) atoms. The fourth-order valence-corrected chi connectivity index (χ4v) is 3.45. The van der Waals surface area contributed by atoms with Crippen LogP contribution in [0, 0.1) is 6.92 Å². The van der Waals surface area contributed by atoms with Crippen LogP contribution in [0.4, 0.5) is 0 Å². The number of carbonyl (C=O) groups excluding carboxylic acids is 1. The summed E-state index contributed by atoms with van der Waals surface area (Å²) in [4.78, 5) is 18.9. The molecule has 1 aromatic heterocycles. The highest BCUT2D eigenvalue weighted by atomic mass is 16.7. The molecule has 2 saturated heterocycles. The van der Waals surface area contributed by atoms with Gasteiger partial charge >= 0.3 is 0 Å². The minimum absolute atomic E-state index is 0.0464. The summed E-state index contributed by atoms with van der Waals surface area (Å²) in [5.41, 5.74) is 1.57. The molecule has 2 aliphatic heterocycles. The lowest BCUT2D eigenvalue weighted by atomic mass is 10.0. The zero-order valence-corrected chi connectivity index (χ0v) is 13.6. The second-order valence-electron chi connectivity index (χ2n) is 6.39. The van der Waals surface area contributed by atoms with Gasteiger partial charge in [0.25, 0.3) is 5.91 Å². The van der Waals surface area contributed by atoms with E-state index < -0.39 is 5.79 Å². The number of aromatic hydroxyl groups is 1. The molecular formula is C18H20N2O4. The first kappa shape index (κ1) is 15.4. The van der Waals surface area contributed by atoms with E-state index in [0.29, 0.717) is 50.2 Å². The van der Waals surface area contributed by atoms with E-state index in [-0.39, 0.29) is 11.7 Å². The van der Waals surface area contributed by atoms with Crippen molar-refractivity contribution < 1.29 is 19.4 Å². The van der Waals surface area contributed by atoms with Crippen molar-refractivity contribution in [2.75, 3.05) is 26.3 Å². The Labute approximate surface area is 140 Å². The van der Waals surface area contributed by atoms with E-state index in [1.807, 2.05) is 25.1 Å². The van der Waals surface area contributed by atoms with Crippen molar-refractivity contribution in [1.82, 2.24) is 9.88 Å². The fourth-order valence-electron chi connectivity index (χ4n) is 3.45. The van der Waals surface area contributed by atoms with Gasteiger partial charge in [-0.1, -0.05) is 12.1 Å². The van der Waals surface area contributed by atoms with Crippen molar-refractivity contribution in [2.45, 2.75) is 25.6 Å². The lowest BCUT2D eigenvalue weighted by molar-refractivity contribution is -0.181. The van der Waals surface area contributed by atoms with Gasteiger partial charge in [-0.2, -0.15) is 0 Å². The minimum atomic E-state index is -0.513. The van der Waals surface area contributed by atoms with E-state index in [2.05, 4.69) is 4.98 Å². The molecule has 3 heterocycles. The molecule has 4 rings (SSSR count). The number of hydrogen-bond acceptors (Lipinski definition) is 5. The molecule has 0 saturated carbocycles. The maximum atomic E-state index is 12.8. The smallest absolute Gasteiger partial charge is 0.257 e. The number of aryl methyl sites for hydroxylation is 1. The average molecular weight is 328 g/mol. The van der Waals surface area contributed by atoms with Crippen molar-refractivity contribution in [2.24, 2.45) is 0 Å². The number of ether oxygens (including phenoxy) is 2. The summed E-state index contributed by atoms with van der Waals surface area (Å²) in [7, 11) is 0. The van der Waals surface area contributed by atoms with Gasteiger partial charge in [-0.3, -0.25) is 4.79 Å². The predicted octanol–water partition coefficient (Wildman–Crippen LogP) is 2.23. The van der Waals surface area contributed by atoms with Gasteiger partial charge in [0, 0.05) is 37.0 Å². The van der Waals surface area contributed by atoms with Gasteiger partial charge in [0.1, 0.15) is 5.52 Å². The lowest BCUT2D eigenvalue weighted by Crippen LogP contribution is -2.47. The van der Waals surface area contributed by atoms with Gasteiger partial charge < -0.3 is 19.5 Å². The topological polar surface area (TPSA) is 71.9 Å². The third-order valence-electron chi connectivity index (χ3n) is 4.83. The molecule has 0 aliphatic carbocycles. The van der Waals surface area contributed by atoms with Crippen molar-refractivity contribution in [3.05, 3.63) is 35.5 Å². The third-order valence-corrected chi connectivity index (χ3v) is 4.83. The summed E-state index contributed by atoms with van der Waals surface area (Å²) >= 11 is 0. The summed E-state index contributed by atoms with van der Waals surface area (Å²) in [6, 6.07) is 7.27. The second-order valence-corrected chi connectivity index (χ2v) is 6.39. The average Bonchev–Trinajstić information content (AvgIpc) is 3.04. The number of phenols is 1. The Bertz CT molecular complexity index is 789. The van der Waals surface area contributed by atoms with Crippen LogP contribution in [0.3, 0.4) is 0 Å². The van der Waals surface area contributed by atoms with Crippen molar-refractivity contribution >= 4 is 16.8 Å². The molecule has 1 amide bonds. The number of carbonyl (C=O) groups is 1. The van der Waals surface area contributed by atoms with Crippen LogP contribution in [-0.4, -0.2) is 53.0 Å². The summed E-state index contributed by atoms with van der Waals surface area (Å²) in [5.74, 6) is -0.735. The van der Waals surface area contributed by atoms with Crippen LogP contribution in [-0.2, 0) is 9.47 Å². The van der Waals surface area contributed by atoms with Crippen molar-refractivity contribution in [3.8, 4) is 5.75 Å². The number of benzene rings is 1. The highest BCUT2D eigenvalue weighted by Gasteiger charge is 2.41. The van der Waals surface area contributed by atoms with E-state index in [4.69, 9.17) is 9.47 Å². The van der Waals surface area contributed by atoms with Gasteiger partial charge in [0.2, 0.25) is 0 Å². The molecule has 1 aromatic carbocycles. The first-order valence-corrected chi connectivity index (χ1v) is 8.25. The molecule has 0 unspecified atom stereocenters. The second kappa shape index (κ2) is 5.72. The molecule has 2 aliphatic rings. The van der Waals surface area contributed by atoms with E-state index in [1.165, 1.54) is 0 Å². The molecule has 0 atom stereocenters. The predicted molar refractivity (Wildman–Crippen MR) is 87.9 cm³/mol. The van der Waals surface area contributed by atoms with Gasteiger partial charge in [-0.15, -0.1) is 0 Å². The van der Waals surface area contributed by atoms with Crippen LogP contribution in [0.1, 0.15) is 28.9 Å². The van der Waals surface area contributed by atoms with Gasteiger partial charge in [0.05, 0.1) is 18.8 Å². The fraction of sp³-hybridized carbons (Fsp3) is 0.444. The molecule has 0 bridgehead atoms. The van der Waals surface area contributed by atoms with Gasteiger partial charge in [0.15, 0.2) is 11.5 Å². The normalized spacial score (nSPS) is 20.0. The lowest BCUT2D eigenvalue weighted by Gasteiger charge is -2.37. The number of aromatic nitrogens is 1. The van der Waals surface area contributed by atoms with Crippen molar-refractivity contribution in [3.63, 3.8) is 0 Å². The van der Waals surface area contributed by atoms with E-state index in [0.717, 1.165) is 11.1 Å². The van der Waals surface area contributed by atoms with Gasteiger partial charge in [-0.25, -0.2) is 4.98 Å². The quantitative estimate of drug-likeness (QED) is 0.869. The minimum Gasteiger partial charge on any atom is -0.505 e. The van der Waals surface area contributed by atoms with Crippen molar-refractivity contribution in [1.29, 1.82) is 0 Å². The number of hydrogen-bond donors (Lipinski definition) is 1. The Hall–Kier alpha value is -2.18. The molecule has 1 N–H and O–H groups in total. The van der Waals surface area contributed by atoms with Crippen LogP contribution in [0.15, 0.2) is 24.3 Å². The molecule has 6 heteroatoms. The van der Waals surface area contributed by atoms with E-state index >= 15 is 0 Å². The molecule has 2 fully saturated rings. The van der Waals surface area contributed by atoms with Gasteiger partial charge in [-0.05, 0) is 19.1 Å². The standard InChI is InChI=1S/C18H20N2O4/c1-12-2-3-13-4-5-14(16(21)15(13)19-12)17(22)20-8-6-18(7-9-20)23-10-11-24-18/h2-5,21H,6-11H2,1H3. The SMILES string of the molecule is Cc1ccc2ccc(C(=O)N3CCC4(CC3)OCCO4)c(O)c2n1. The first-order chi connectivity index (χ1) is 11.6. The van der Waals surface area contributed by atoms with Crippen LogP contribution in [0.25, 0.3) is 10.9 Å². The largest absolute Gasteiger partial charge is 0.505 e. The van der Waals surface area contributed by atoms with Crippen LogP contribution >= 0.6 is 0 Å². The summed E-state index contributed by atoms with van der Waals surface area (Å²) in [6.07, 6.45) is 1.31. The number of likely N-dealkylation sites (tertiary alicyclic amines) is 1. The Kier molecular flexibility index (Phi) is 3.66. The highest BCUT2D eigenvalue weighted by molar-refractivity contribution is 6.02. The Morgan fingerprint density at radius 3 is 2.54 bits per heavy atom. The molecular weight excluding hydrogens is 308 g/mol. The number of fused-ring (bicyclic) bond motifs is 1. The Morgan fingerprint density at radius 1 is 1.17 bits per heavy atom. The summed E-state index contributed by atoms with van der Waals surface area (Å²) in [5, 5.41) is 11.3. The molecule has 1 spiro atoms. The van der Waals surface area contributed by atoms with Crippen LogP contribution in [0.5, 0.6) is 5.75 Å². The number of pyridine rings is 1. The maximum Gasteiger partial charge on any atom is 0.257 e. The molecule has 2 aromatic rings. The third kappa shape index (κ3) is 2.52. The number of rotatable bonds is 1. The number of amides is 1. The summed E-state index contributed by atoms with van der Waals surface area (Å²) in [6.45, 7) is 4.20. The Morgan fingerprint density at radius 2 is 1.83 bits per heavy atom. The first-order valence-electron chi connectivity index (χ1n) is 8.25. The zero-order valence-electron chi connectivity index (χ0n) is 13.6. The zero-order chi connectivity index (χ0) is 16.7. The number of nitrogens with zero attached hydrogens (tertiary/aromatic N) is 2. The van der Waals surface area contributed by atoms with Crippen LogP contribution < -0.4 is 0 Å². The Balaban J connectivity index is 1.58. The van der Waals surface area contributed by atoms with Crippen LogP contribution in [0.2, 0.25) is 0 Å². The number of piperidine rings is 1. The molecule has 126 valence electrons. The number of phenolic OH excluding ortho intramolecular Hbond substituents is 1. The highest BCUT2D eigenvalue weighted by Crippen LogP contribution is 2.33. The maximum absolute atomic E-state index is 12.8. The summed E-state index contributed by atoms with van der Waals surface area (Å²) < 4.78 is 11.4. The molecule has 6 nitrogen and oxygen atoms in total.